The second-order valence-corrected chi connectivity index (χ2v) is 8.36. The first-order chi connectivity index (χ1) is 16.7. The van der Waals surface area contributed by atoms with Crippen molar-refractivity contribution in [3.63, 3.8) is 0 Å². The number of esters is 1. The monoisotopic (exact) mass is 474 g/mol. The maximum Gasteiger partial charge on any atom is 0.333 e. The third-order valence-corrected chi connectivity index (χ3v) is 4.80. The van der Waals surface area contributed by atoms with Crippen LogP contribution < -0.4 is 4.74 Å². The van der Waals surface area contributed by atoms with E-state index in [9.17, 15) is 14.0 Å². The van der Waals surface area contributed by atoms with Crippen LogP contribution in [0, 0.1) is 5.82 Å². The molecule has 35 heavy (non-hydrogen) atoms. The van der Waals surface area contributed by atoms with Crippen LogP contribution in [-0.4, -0.2) is 19.0 Å². The van der Waals surface area contributed by atoms with Crippen LogP contribution in [0.25, 0.3) is 22.3 Å². The number of rotatable bonds is 9. The van der Waals surface area contributed by atoms with E-state index in [0.717, 1.165) is 29.5 Å². The van der Waals surface area contributed by atoms with Gasteiger partial charge in [-0.15, -0.1) is 6.58 Å². The first-order valence-electron chi connectivity index (χ1n) is 11.3. The van der Waals surface area contributed by atoms with Crippen LogP contribution in [0.4, 0.5) is 4.39 Å². The first kappa shape index (κ1) is 27.3. The highest BCUT2D eigenvalue weighted by atomic mass is 19.1. The summed E-state index contributed by atoms with van der Waals surface area (Å²) in [5, 5.41) is 0. The van der Waals surface area contributed by atoms with Gasteiger partial charge in [0, 0.05) is 11.1 Å². The normalized spacial score (nSPS) is 9.94. The smallest absolute Gasteiger partial charge is 0.333 e. The van der Waals surface area contributed by atoms with Crippen LogP contribution in [0.1, 0.15) is 32.8 Å². The zero-order valence-electron chi connectivity index (χ0n) is 20.5. The minimum absolute atomic E-state index is 0.329. The molecule has 0 N–H and O–H groups in total. The van der Waals surface area contributed by atoms with Gasteiger partial charge in [-0.1, -0.05) is 60.7 Å². The Hall–Kier alpha value is -3.99. The number of benzene rings is 3. The number of allylic oxidation sites excluding steroid dienone is 1. The molecule has 0 heterocycles. The summed E-state index contributed by atoms with van der Waals surface area (Å²) in [7, 11) is 0. The van der Waals surface area contributed by atoms with Gasteiger partial charge in [0.25, 0.3) is 6.47 Å². The summed E-state index contributed by atoms with van der Waals surface area (Å²) in [4.78, 5) is 21.8. The van der Waals surface area contributed by atoms with Crippen LogP contribution in [-0.2, 0) is 20.7 Å². The summed E-state index contributed by atoms with van der Waals surface area (Å²) >= 11 is 0. The average Bonchev–Trinajstić information content (AvgIpc) is 2.82. The molecule has 5 heteroatoms. The van der Waals surface area contributed by atoms with E-state index in [-0.39, 0.29) is 11.8 Å². The van der Waals surface area contributed by atoms with E-state index >= 15 is 0 Å². The standard InChI is InChI=1S/C26H23FO4.C4H8/c1-18(2)26(29)30-15-3-4-19-5-7-20(8-6-19)22-11-14-24(25(27)16-22)21-9-12-23(13-10-21)31-17-28;1-4(2)3/h5-14,16-17H,1,3-4,15H2,2H3;1H2,2-3H3. The molecule has 0 saturated carbocycles. The predicted octanol–water partition coefficient (Wildman–Crippen LogP) is 7.33. The van der Waals surface area contributed by atoms with Crippen LogP contribution in [0.15, 0.2) is 91.0 Å². The van der Waals surface area contributed by atoms with Gasteiger partial charge in [-0.2, -0.15) is 0 Å². The maximum atomic E-state index is 14.7. The number of halogens is 1. The van der Waals surface area contributed by atoms with E-state index in [1.165, 1.54) is 11.6 Å². The Morgan fingerprint density at radius 3 is 2.00 bits per heavy atom. The number of carbonyl (C=O) groups excluding carboxylic acids is 2. The fraction of sp³-hybridized carbons (Fsp3) is 0.200. The number of hydrogen-bond donors (Lipinski definition) is 0. The highest BCUT2D eigenvalue weighted by Crippen LogP contribution is 2.29. The molecular formula is C30H31FO4. The lowest BCUT2D eigenvalue weighted by atomic mass is 9.98. The molecular weight excluding hydrogens is 443 g/mol. The van der Waals surface area contributed by atoms with Gasteiger partial charge in [-0.3, -0.25) is 4.79 Å². The molecule has 4 nitrogen and oxygen atoms in total. The topological polar surface area (TPSA) is 52.6 Å². The third kappa shape index (κ3) is 9.05. The lowest BCUT2D eigenvalue weighted by molar-refractivity contribution is -0.139. The number of ether oxygens (including phenoxy) is 2. The molecule has 182 valence electrons. The molecule has 3 rings (SSSR count). The van der Waals surface area contributed by atoms with Crippen molar-refractivity contribution >= 4 is 12.4 Å². The van der Waals surface area contributed by atoms with Crippen LogP contribution in [0.5, 0.6) is 5.75 Å². The van der Waals surface area contributed by atoms with E-state index in [1.807, 2.05) is 44.2 Å². The van der Waals surface area contributed by atoms with Crippen molar-refractivity contribution in [2.45, 2.75) is 33.6 Å². The summed E-state index contributed by atoms with van der Waals surface area (Å²) in [6.07, 6.45) is 1.50. The van der Waals surface area contributed by atoms with Crippen molar-refractivity contribution in [1.82, 2.24) is 0 Å². The summed E-state index contributed by atoms with van der Waals surface area (Å²) in [5.41, 5.74) is 5.55. The fourth-order valence-corrected chi connectivity index (χ4v) is 3.13. The van der Waals surface area contributed by atoms with E-state index in [4.69, 9.17) is 9.47 Å². The number of hydrogen-bond acceptors (Lipinski definition) is 4. The lowest BCUT2D eigenvalue weighted by Gasteiger charge is -2.09. The van der Waals surface area contributed by atoms with Crippen molar-refractivity contribution < 1.29 is 23.5 Å². The Morgan fingerprint density at radius 1 is 0.886 bits per heavy atom. The molecule has 0 radical (unpaired) electrons. The quantitative estimate of drug-likeness (QED) is 0.107. The zero-order valence-corrected chi connectivity index (χ0v) is 20.5. The van der Waals surface area contributed by atoms with Gasteiger partial charge < -0.3 is 9.47 Å². The van der Waals surface area contributed by atoms with E-state index in [0.29, 0.717) is 35.5 Å². The van der Waals surface area contributed by atoms with Gasteiger partial charge in [-0.05, 0) is 74.1 Å². The van der Waals surface area contributed by atoms with E-state index in [2.05, 4.69) is 13.2 Å². The van der Waals surface area contributed by atoms with Gasteiger partial charge in [-0.25, -0.2) is 9.18 Å². The molecule has 0 atom stereocenters. The minimum atomic E-state index is -0.369. The molecule has 0 fully saturated rings. The van der Waals surface area contributed by atoms with Crippen molar-refractivity contribution in [3.8, 4) is 28.0 Å². The molecule has 0 bridgehead atoms. The molecule has 0 saturated heterocycles. The number of carbonyl (C=O) groups is 2. The highest BCUT2D eigenvalue weighted by Gasteiger charge is 2.08. The third-order valence-electron chi connectivity index (χ3n) is 4.80. The molecule has 3 aromatic rings. The first-order valence-corrected chi connectivity index (χ1v) is 11.3. The lowest BCUT2D eigenvalue weighted by Crippen LogP contribution is -2.06. The highest BCUT2D eigenvalue weighted by molar-refractivity contribution is 5.86. The second-order valence-electron chi connectivity index (χ2n) is 8.36. The van der Waals surface area contributed by atoms with Gasteiger partial charge >= 0.3 is 5.97 Å². The van der Waals surface area contributed by atoms with Gasteiger partial charge in [0.15, 0.2) is 0 Å². The molecule has 0 aliphatic carbocycles. The van der Waals surface area contributed by atoms with Crippen molar-refractivity contribution in [1.29, 1.82) is 0 Å². The predicted molar refractivity (Wildman–Crippen MR) is 139 cm³/mol. The zero-order chi connectivity index (χ0) is 25.8. The fourth-order valence-electron chi connectivity index (χ4n) is 3.13. The molecule has 0 amide bonds. The summed E-state index contributed by atoms with van der Waals surface area (Å²) < 4.78 is 24.6. The van der Waals surface area contributed by atoms with Crippen molar-refractivity contribution in [3.05, 3.63) is 102 Å². The largest absolute Gasteiger partial charge is 0.462 e. The van der Waals surface area contributed by atoms with Crippen LogP contribution in [0.2, 0.25) is 0 Å². The molecule has 0 spiro atoms. The van der Waals surface area contributed by atoms with Crippen LogP contribution >= 0.6 is 0 Å². The van der Waals surface area contributed by atoms with Crippen molar-refractivity contribution in [2.75, 3.05) is 6.61 Å². The Bertz CT molecular complexity index is 1160. The average molecular weight is 475 g/mol. The Morgan fingerprint density at radius 2 is 1.46 bits per heavy atom. The summed E-state index contributed by atoms with van der Waals surface area (Å²) in [5.74, 6) is -0.291. The van der Waals surface area contributed by atoms with E-state index in [1.54, 1.807) is 37.3 Å². The van der Waals surface area contributed by atoms with Crippen LogP contribution in [0.3, 0.4) is 0 Å². The van der Waals surface area contributed by atoms with Gasteiger partial charge in [0.1, 0.15) is 11.6 Å². The Balaban J connectivity index is 0.00000100. The number of aryl methyl sites for hydroxylation is 1. The molecule has 0 aromatic heterocycles. The molecule has 3 aromatic carbocycles. The molecule has 0 aliphatic heterocycles. The minimum Gasteiger partial charge on any atom is -0.462 e. The second kappa shape index (κ2) is 13.7. The molecule has 0 aliphatic rings. The Labute approximate surface area is 206 Å². The van der Waals surface area contributed by atoms with Gasteiger partial charge in [0.05, 0.1) is 6.61 Å². The SMILES string of the molecule is C=C(C)C.C=C(C)C(=O)OCCCc1ccc(-c2ccc(-c3ccc(OC=O)cc3)c(F)c2)cc1. The molecule has 0 unspecified atom stereocenters. The van der Waals surface area contributed by atoms with Gasteiger partial charge in [0.2, 0.25) is 0 Å². The summed E-state index contributed by atoms with van der Waals surface area (Å²) in [6, 6.07) is 19.7. The summed E-state index contributed by atoms with van der Waals surface area (Å²) in [6.45, 7) is 13.4. The van der Waals surface area contributed by atoms with Crippen molar-refractivity contribution in [2.24, 2.45) is 0 Å². The maximum absolute atomic E-state index is 14.7. The Kier molecular flexibility index (Phi) is 10.6. The van der Waals surface area contributed by atoms with E-state index < -0.39 is 0 Å².